The van der Waals surface area contributed by atoms with E-state index in [0.29, 0.717) is 18.1 Å². The molecule has 1 heterocycles. The van der Waals surface area contributed by atoms with Crippen molar-refractivity contribution in [1.29, 1.82) is 0 Å². The molecule has 1 saturated carbocycles. The predicted octanol–water partition coefficient (Wildman–Crippen LogP) is 3.92. The summed E-state index contributed by atoms with van der Waals surface area (Å²) < 4.78 is 0. The van der Waals surface area contributed by atoms with Crippen molar-refractivity contribution in [1.82, 2.24) is 10.2 Å². The highest BCUT2D eigenvalue weighted by Gasteiger charge is 2.53. The number of hydrogen-bond acceptors (Lipinski definition) is 2. The Morgan fingerprint density at radius 3 is 2.38 bits per heavy atom. The zero-order valence-corrected chi connectivity index (χ0v) is 16.4. The largest absolute Gasteiger partial charge is 0.356 e. The Hall–Kier alpha value is -1.55. The number of rotatable bonds is 7. The van der Waals surface area contributed by atoms with Crippen LogP contribution in [0.1, 0.15) is 57.4 Å². The highest BCUT2D eigenvalue weighted by Crippen LogP contribution is 2.50. The SMILES string of the molecule is CCCCCNC(=O)C1CCN(C(=O)C2(c3ccc(Cl)cc3)CC2)CC1. The standard InChI is InChI=1S/C21H29ClN2O2/c1-2-3-4-13-23-19(25)16-9-14-24(15-10-16)20(26)21(11-12-21)17-5-7-18(22)8-6-17/h5-8,16H,2-4,9-15H2,1H3,(H,23,25). The predicted molar refractivity (Wildman–Crippen MR) is 104 cm³/mol. The lowest BCUT2D eigenvalue weighted by atomic mass is 9.91. The van der Waals surface area contributed by atoms with Crippen LogP contribution in [-0.2, 0) is 15.0 Å². The van der Waals surface area contributed by atoms with Crippen LogP contribution in [0, 0.1) is 5.92 Å². The van der Waals surface area contributed by atoms with E-state index in [4.69, 9.17) is 11.6 Å². The number of piperidine rings is 1. The summed E-state index contributed by atoms with van der Waals surface area (Å²) in [6.07, 6.45) is 6.70. The number of benzene rings is 1. The smallest absolute Gasteiger partial charge is 0.233 e. The van der Waals surface area contributed by atoms with Crippen LogP contribution in [0.3, 0.4) is 0 Å². The van der Waals surface area contributed by atoms with Crippen molar-refractivity contribution in [2.75, 3.05) is 19.6 Å². The fraction of sp³-hybridized carbons (Fsp3) is 0.619. The lowest BCUT2D eigenvalue weighted by Gasteiger charge is -2.34. The molecule has 1 aliphatic carbocycles. The van der Waals surface area contributed by atoms with Crippen LogP contribution >= 0.6 is 11.6 Å². The maximum Gasteiger partial charge on any atom is 0.233 e. The number of carbonyl (C=O) groups excluding carboxylic acids is 2. The molecule has 0 aromatic heterocycles. The molecule has 1 saturated heterocycles. The first-order valence-electron chi connectivity index (χ1n) is 9.90. The molecule has 3 rings (SSSR count). The van der Waals surface area contributed by atoms with Gasteiger partial charge in [0.05, 0.1) is 5.41 Å². The Morgan fingerprint density at radius 1 is 1.15 bits per heavy atom. The number of halogens is 1. The van der Waals surface area contributed by atoms with Crippen molar-refractivity contribution in [3.8, 4) is 0 Å². The van der Waals surface area contributed by atoms with Gasteiger partial charge in [0.15, 0.2) is 0 Å². The first kappa shape index (κ1) is 19.2. The summed E-state index contributed by atoms with van der Waals surface area (Å²) in [6, 6.07) is 7.67. The van der Waals surface area contributed by atoms with E-state index in [0.717, 1.165) is 57.1 Å². The van der Waals surface area contributed by atoms with Gasteiger partial charge in [-0.15, -0.1) is 0 Å². The van der Waals surface area contributed by atoms with E-state index < -0.39 is 0 Å². The van der Waals surface area contributed by atoms with Crippen molar-refractivity contribution in [2.45, 2.75) is 57.3 Å². The van der Waals surface area contributed by atoms with Gasteiger partial charge in [-0.3, -0.25) is 9.59 Å². The van der Waals surface area contributed by atoms with Gasteiger partial charge in [-0.1, -0.05) is 43.5 Å². The Morgan fingerprint density at radius 2 is 1.81 bits per heavy atom. The maximum atomic E-state index is 13.1. The highest BCUT2D eigenvalue weighted by molar-refractivity contribution is 6.30. The Balaban J connectivity index is 1.51. The molecule has 1 aromatic rings. The zero-order valence-electron chi connectivity index (χ0n) is 15.6. The molecular formula is C21H29ClN2O2. The number of nitrogens with zero attached hydrogens (tertiary/aromatic N) is 1. The first-order valence-corrected chi connectivity index (χ1v) is 10.3. The summed E-state index contributed by atoms with van der Waals surface area (Å²) in [4.78, 5) is 27.3. The third-order valence-electron chi connectivity index (χ3n) is 5.79. The zero-order chi connectivity index (χ0) is 18.6. The number of unbranched alkanes of at least 4 members (excludes halogenated alkanes) is 2. The van der Waals surface area contributed by atoms with E-state index >= 15 is 0 Å². The summed E-state index contributed by atoms with van der Waals surface area (Å²) in [5, 5.41) is 3.75. The minimum absolute atomic E-state index is 0.0476. The summed E-state index contributed by atoms with van der Waals surface area (Å²) in [5.74, 6) is 0.431. The van der Waals surface area contributed by atoms with Gasteiger partial charge < -0.3 is 10.2 Å². The summed E-state index contributed by atoms with van der Waals surface area (Å²) >= 11 is 5.98. The van der Waals surface area contributed by atoms with Gasteiger partial charge in [-0.25, -0.2) is 0 Å². The molecule has 1 aliphatic heterocycles. The topological polar surface area (TPSA) is 49.4 Å². The number of amides is 2. The average Bonchev–Trinajstić information content (AvgIpc) is 3.47. The van der Waals surface area contributed by atoms with Crippen LogP contribution in [0.4, 0.5) is 0 Å². The summed E-state index contributed by atoms with van der Waals surface area (Å²) in [7, 11) is 0. The molecule has 26 heavy (non-hydrogen) atoms. The normalized spacial score (nSPS) is 19.2. The Labute approximate surface area is 161 Å². The van der Waals surface area contributed by atoms with Gasteiger partial charge in [0.1, 0.15) is 0 Å². The van der Waals surface area contributed by atoms with E-state index in [-0.39, 0.29) is 23.1 Å². The summed E-state index contributed by atoms with van der Waals surface area (Å²) in [6.45, 7) is 4.29. The molecule has 0 atom stereocenters. The van der Waals surface area contributed by atoms with Gasteiger partial charge in [0.2, 0.25) is 11.8 Å². The van der Waals surface area contributed by atoms with E-state index in [9.17, 15) is 9.59 Å². The van der Waals surface area contributed by atoms with E-state index in [2.05, 4.69) is 12.2 Å². The molecule has 1 aromatic carbocycles. The number of nitrogens with one attached hydrogen (secondary N) is 1. The van der Waals surface area contributed by atoms with E-state index in [1.54, 1.807) is 0 Å². The van der Waals surface area contributed by atoms with Gasteiger partial charge in [-0.05, 0) is 49.8 Å². The molecule has 2 aliphatic rings. The first-order chi connectivity index (χ1) is 12.6. The monoisotopic (exact) mass is 376 g/mol. The number of carbonyl (C=O) groups is 2. The van der Waals surface area contributed by atoms with Crippen molar-refractivity contribution < 1.29 is 9.59 Å². The minimum atomic E-state index is -0.347. The van der Waals surface area contributed by atoms with Gasteiger partial charge in [-0.2, -0.15) is 0 Å². The van der Waals surface area contributed by atoms with Crippen LogP contribution in [-0.4, -0.2) is 36.3 Å². The summed E-state index contributed by atoms with van der Waals surface area (Å²) in [5.41, 5.74) is 0.725. The second-order valence-electron chi connectivity index (χ2n) is 7.65. The van der Waals surface area contributed by atoms with Crippen molar-refractivity contribution >= 4 is 23.4 Å². The van der Waals surface area contributed by atoms with Crippen LogP contribution in [0.25, 0.3) is 0 Å². The molecule has 0 unspecified atom stereocenters. The number of hydrogen-bond donors (Lipinski definition) is 1. The quantitative estimate of drug-likeness (QED) is 0.733. The van der Waals surface area contributed by atoms with Crippen LogP contribution in [0.15, 0.2) is 24.3 Å². The average molecular weight is 377 g/mol. The second kappa shape index (κ2) is 8.43. The minimum Gasteiger partial charge on any atom is -0.356 e. The molecule has 2 amide bonds. The maximum absolute atomic E-state index is 13.1. The van der Waals surface area contributed by atoms with Gasteiger partial charge in [0, 0.05) is 30.6 Å². The van der Waals surface area contributed by atoms with Crippen LogP contribution in [0.5, 0.6) is 0 Å². The Kier molecular flexibility index (Phi) is 6.23. The lowest BCUT2D eigenvalue weighted by molar-refractivity contribution is -0.137. The molecule has 0 bridgehead atoms. The number of likely N-dealkylation sites (tertiary alicyclic amines) is 1. The molecule has 0 radical (unpaired) electrons. The van der Waals surface area contributed by atoms with E-state index in [1.165, 1.54) is 0 Å². The molecule has 4 nitrogen and oxygen atoms in total. The molecule has 5 heteroatoms. The van der Waals surface area contributed by atoms with Crippen molar-refractivity contribution in [2.24, 2.45) is 5.92 Å². The van der Waals surface area contributed by atoms with Crippen LogP contribution < -0.4 is 5.32 Å². The van der Waals surface area contributed by atoms with E-state index in [1.807, 2.05) is 29.2 Å². The second-order valence-corrected chi connectivity index (χ2v) is 8.09. The molecular weight excluding hydrogens is 348 g/mol. The third-order valence-corrected chi connectivity index (χ3v) is 6.04. The van der Waals surface area contributed by atoms with Crippen LogP contribution in [0.2, 0.25) is 5.02 Å². The fourth-order valence-electron chi connectivity index (χ4n) is 3.90. The van der Waals surface area contributed by atoms with Gasteiger partial charge >= 0.3 is 0 Å². The van der Waals surface area contributed by atoms with Crippen molar-refractivity contribution in [3.63, 3.8) is 0 Å². The highest BCUT2D eigenvalue weighted by atomic mass is 35.5. The molecule has 142 valence electrons. The molecule has 1 N–H and O–H groups in total. The third kappa shape index (κ3) is 4.22. The van der Waals surface area contributed by atoms with Crippen molar-refractivity contribution in [3.05, 3.63) is 34.9 Å². The van der Waals surface area contributed by atoms with Gasteiger partial charge in [0.25, 0.3) is 0 Å². The molecule has 0 spiro atoms. The molecule has 2 fully saturated rings. The fourth-order valence-corrected chi connectivity index (χ4v) is 4.02. The Bertz CT molecular complexity index is 632. The lowest BCUT2D eigenvalue weighted by Crippen LogP contribution is -2.46.